The van der Waals surface area contributed by atoms with Gasteiger partial charge in [0.05, 0.1) is 17.9 Å². The molecule has 3 nitrogen and oxygen atoms in total. The number of anilines is 1. The number of nitrogens with one attached hydrogen (secondary N) is 1. The third-order valence-corrected chi connectivity index (χ3v) is 3.24. The van der Waals surface area contributed by atoms with E-state index in [1.54, 1.807) is 6.20 Å². The van der Waals surface area contributed by atoms with E-state index in [0.29, 0.717) is 0 Å². The van der Waals surface area contributed by atoms with E-state index in [9.17, 15) is 0 Å². The van der Waals surface area contributed by atoms with Gasteiger partial charge < -0.3 is 5.32 Å². The van der Waals surface area contributed by atoms with Gasteiger partial charge >= 0.3 is 0 Å². The van der Waals surface area contributed by atoms with Crippen LogP contribution in [-0.4, -0.2) is 9.78 Å². The molecule has 1 aromatic carbocycles. The quantitative estimate of drug-likeness (QED) is 0.941. The maximum absolute atomic E-state index is 5.93. The zero-order valence-electron chi connectivity index (χ0n) is 8.74. The van der Waals surface area contributed by atoms with E-state index in [4.69, 9.17) is 11.6 Å². The smallest absolute Gasteiger partial charge is 0.0571 e. The Labute approximate surface area is 108 Å². The molecule has 16 heavy (non-hydrogen) atoms. The van der Waals surface area contributed by atoms with E-state index in [0.717, 1.165) is 27.4 Å². The zero-order valence-corrected chi connectivity index (χ0v) is 11.1. The Bertz CT molecular complexity index is 496. The highest BCUT2D eigenvalue weighted by atomic mass is 79.9. The summed E-state index contributed by atoms with van der Waals surface area (Å²) in [6.45, 7) is 0.718. The van der Waals surface area contributed by atoms with Crippen molar-refractivity contribution in [1.82, 2.24) is 9.78 Å². The van der Waals surface area contributed by atoms with Crippen LogP contribution in [-0.2, 0) is 13.6 Å². The summed E-state index contributed by atoms with van der Waals surface area (Å²) in [7, 11) is 1.92. The molecule has 0 radical (unpaired) electrons. The molecule has 0 saturated heterocycles. The van der Waals surface area contributed by atoms with Crippen molar-refractivity contribution in [1.29, 1.82) is 0 Å². The second-order valence-electron chi connectivity index (χ2n) is 3.42. The fourth-order valence-electron chi connectivity index (χ4n) is 1.39. The van der Waals surface area contributed by atoms with Crippen LogP contribution in [0.4, 0.5) is 5.69 Å². The van der Waals surface area contributed by atoms with Crippen LogP contribution in [0.3, 0.4) is 0 Å². The average molecular weight is 301 g/mol. The number of benzene rings is 1. The molecule has 1 N–H and O–H groups in total. The monoisotopic (exact) mass is 299 g/mol. The summed E-state index contributed by atoms with van der Waals surface area (Å²) in [5.41, 5.74) is 2.10. The Hall–Kier alpha value is -1.000. The second-order valence-corrected chi connectivity index (χ2v) is 4.71. The minimum Gasteiger partial charge on any atom is -0.378 e. The first-order valence-electron chi connectivity index (χ1n) is 4.82. The molecule has 0 aliphatic heterocycles. The van der Waals surface area contributed by atoms with E-state index in [-0.39, 0.29) is 0 Å². The van der Waals surface area contributed by atoms with Gasteiger partial charge in [0.1, 0.15) is 0 Å². The fourth-order valence-corrected chi connectivity index (χ4v) is 1.95. The number of rotatable bonds is 3. The molecule has 2 aromatic rings. The third-order valence-electron chi connectivity index (χ3n) is 2.31. The molecular weight excluding hydrogens is 289 g/mol. The predicted octanol–water partition coefficient (Wildman–Crippen LogP) is 3.45. The highest BCUT2D eigenvalue weighted by Gasteiger charge is 2.02. The molecule has 1 heterocycles. The van der Waals surface area contributed by atoms with E-state index in [2.05, 4.69) is 26.3 Å². The van der Waals surface area contributed by atoms with Crippen LogP contribution >= 0.6 is 27.5 Å². The number of halogens is 2. The van der Waals surface area contributed by atoms with Gasteiger partial charge in [-0.1, -0.05) is 11.6 Å². The molecule has 0 unspecified atom stereocenters. The lowest BCUT2D eigenvalue weighted by Crippen LogP contribution is -2.05. The Kier molecular flexibility index (Phi) is 3.51. The highest BCUT2D eigenvalue weighted by molar-refractivity contribution is 9.10. The Morgan fingerprint density at radius 1 is 1.44 bits per heavy atom. The molecule has 2 rings (SSSR count). The summed E-state index contributed by atoms with van der Waals surface area (Å²) in [5, 5.41) is 8.13. The maximum atomic E-state index is 5.93. The van der Waals surface area contributed by atoms with Crippen molar-refractivity contribution in [3.63, 3.8) is 0 Å². The molecule has 0 amide bonds. The van der Waals surface area contributed by atoms with Gasteiger partial charge in [0.2, 0.25) is 0 Å². The van der Waals surface area contributed by atoms with Crippen LogP contribution < -0.4 is 5.32 Å². The normalized spacial score (nSPS) is 10.4. The molecule has 0 atom stereocenters. The lowest BCUT2D eigenvalue weighted by atomic mass is 10.3. The largest absolute Gasteiger partial charge is 0.378 e. The summed E-state index contributed by atoms with van der Waals surface area (Å²) in [5.74, 6) is 0. The van der Waals surface area contributed by atoms with Gasteiger partial charge in [-0.05, 0) is 40.2 Å². The summed E-state index contributed by atoms with van der Waals surface area (Å²) < 4.78 is 2.84. The number of aromatic nitrogens is 2. The minimum atomic E-state index is 0.718. The van der Waals surface area contributed by atoms with Crippen LogP contribution in [0, 0.1) is 0 Å². The van der Waals surface area contributed by atoms with Crippen molar-refractivity contribution in [2.24, 2.45) is 7.05 Å². The van der Waals surface area contributed by atoms with Gasteiger partial charge in [0.25, 0.3) is 0 Å². The van der Waals surface area contributed by atoms with Crippen molar-refractivity contribution in [2.75, 3.05) is 5.32 Å². The minimum absolute atomic E-state index is 0.718. The van der Waals surface area contributed by atoms with Crippen LogP contribution in [0.5, 0.6) is 0 Å². The summed E-state index contributed by atoms with van der Waals surface area (Å²) >= 11 is 9.40. The fraction of sp³-hybridized carbons (Fsp3) is 0.182. The topological polar surface area (TPSA) is 29.9 Å². The SMILES string of the molecule is Cn1nccc1CNc1cc(Cl)ccc1Br. The molecule has 5 heteroatoms. The van der Waals surface area contributed by atoms with Crippen molar-refractivity contribution in [3.8, 4) is 0 Å². The Morgan fingerprint density at radius 2 is 2.25 bits per heavy atom. The standard InChI is InChI=1S/C11H11BrClN3/c1-16-9(4-5-15-16)7-14-11-6-8(13)2-3-10(11)12/h2-6,14H,7H2,1H3. The van der Waals surface area contributed by atoms with Gasteiger partial charge in [0.15, 0.2) is 0 Å². The van der Waals surface area contributed by atoms with Crippen LogP contribution in [0.15, 0.2) is 34.9 Å². The van der Waals surface area contributed by atoms with Crippen LogP contribution in [0.1, 0.15) is 5.69 Å². The zero-order chi connectivity index (χ0) is 11.5. The molecule has 1 aromatic heterocycles. The van der Waals surface area contributed by atoms with E-state index in [1.807, 2.05) is 36.0 Å². The van der Waals surface area contributed by atoms with Gasteiger partial charge in [-0.25, -0.2) is 0 Å². The van der Waals surface area contributed by atoms with E-state index >= 15 is 0 Å². The van der Waals surface area contributed by atoms with Crippen molar-refractivity contribution in [3.05, 3.63) is 45.7 Å². The lowest BCUT2D eigenvalue weighted by molar-refractivity contribution is 0.720. The second kappa shape index (κ2) is 4.89. The van der Waals surface area contributed by atoms with E-state index < -0.39 is 0 Å². The maximum Gasteiger partial charge on any atom is 0.0571 e. The first kappa shape index (κ1) is 11.5. The van der Waals surface area contributed by atoms with Gasteiger partial charge in [-0.15, -0.1) is 0 Å². The molecular formula is C11H11BrClN3. The highest BCUT2D eigenvalue weighted by Crippen LogP contribution is 2.26. The number of hydrogen-bond donors (Lipinski definition) is 1. The van der Waals surface area contributed by atoms with Crippen molar-refractivity contribution >= 4 is 33.2 Å². The van der Waals surface area contributed by atoms with Gasteiger partial charge in [-0.2, -0.15) is 5.10 Å². The summed E-state index contributed by atoms with van der Waals surface area (Å²) in [6.07, 6.45) is 1.78. The first-order chi connectivity index (χ1) is 7.66. The van der Waals surface area contributed by atoms with Crippen LogP contribution in [0.25, 0.3) is 0 Å². The molecule has 0 bridgehead atoms. The number of nitrogens with zero attached hydrogens (tertiary/aromatic N) is 2. The van der Waals surface area contributed by atoms with E-state index in [1.165, 1.54) is 0 Å². The average Bonchev–Trinajstić information content (AvgIpc) is 2.66. The first-order valence-corrected chi connectivity index (χ1v) is 6.00. The number of aryl methyl sites for hydroxylation is 1. The molecule has 0 fully saturated rings. The molecule has 84 valence electrons. The van der Waals surface area contributed by atoms with Gasteiger partial charge in [0, 0.05) is 22.7 Å². The Balaban J connectivity index is 2.10. The third kappa shape index (κ3) is 2.57. The number of hydrogen-bond acceptors (Lipinski definition) is 2. The Morgan fingerprint density at radius 3 is 2.94 bits per heavy atom. The molecule has 0 saturated carbocycles. The molecule has 0 aliphatic carbocycles. The summed E-state index contributed by atoms with van der Waals surface area (Å²) in [4.78, 5) is 0. The van der Waals surface area contributed by atoms with Crippen molar-refractivity contribution in [2.45, 2.75) is 6.54 Å². The predicted molar refractivity (Wildman–Crippen MR) is 69.7 cm³/mol. The van der Waals surface area contributed by atoms with Crippen LogP contribution in [0.2, 0.25) is 5.02 Å². The molecule has 0 spiro atoms. The lowest BCUT2D eigenvalue weighted by Gasteiger charge is -2.09. The summed E-state index contributed by atoms with van der Waals surface area (Å²) in [6, 6.07) is 7.64. The van der Waals surface area contributed by atoms with Crippen molar-refractivity contribution < 1.29 is 0 Å². The van der Waals surface area contributed by atoms with Gasteiger partial charge in [-0.3, -0.25) is 4.68 Å². The molecule has 0 aliphatic rings.